The monoisotopic (exact) mass is 283 g/mol. The number of benzene rings is 1. The molecule has 0 spiro atoms. The van der Waals surface area contributed by atoms with Crippen LogP contribution in [-0.4, -0.2) is 12.1 Å². The van der Waals surface area contributed by atoms with E-state index in [9.17, 15) is 4.79 Å². The van der Waals surface area contributed by atoms with Gasteiger partial charge in [-0.3, -0.25) is 0 Å². The second-order valence-corrected chi connectivity index (χ2v) is 5.21. The molecule has 0 amide bonds. The zero-order valence-corrected chi connectivity index (χ0v) is 12.4. The number of hydrogen-bond donors (Lipinski definition) is 1. The molecular weight excluding hydrogens is 262 g/mol. The van der Waals surface area contributed by atoms with Crippen LogP contribution in [0, 0.1) is 0 Å². The lowest BCUT2D eigenvalue weighted by atomic mass is 10.1. The zero-order chi connectivity index (χ0) is 14.3. The van der Waals surface area contributed by atoms with Gasteiger partial charge in [0.25, 0.3) is 0 Å². The molecule has 0 aliphatic rings. The lowest BCUT2D eigenvalue weighted by Gasteiger charge is -2.13. The number of unbranched alkanes of at least 4 members (excludes halogenated alkanes) is 3. The minimum Gasteiger partial charge on any atom is -0.459 e. The Morgan fingerprint density at radius 1 is 1.37 bits per heavy atom. The molecule has 0 radical (unpaired) electrons. The predicted octanol–water partition coefficient (Wildman–Crippen LogP) is 4.44. The third kappa shape index (κ3) is 5.52. The summed E-state index contributed by atoms with van der Waals surface area (Å²) in [6, 6.07) is 4.79. The van der Waals surface area contributed by atoms with Crippen molar-refractivity contribution >= 4 is 23.3 Å². The number of ether oxygens (including phenoxy) is 1. The Morgan fingerprint density at radius 3 is 2.74 bits per heavy atom. The number of halogens is 1. The highest BCUT2D eigenvalue weighted by molar-refractivity contribution is 6.33. The van der Waals surface area contributed by atoms with Crippen LogP contribution in [0.5, 0.6) is 0 Å². The molecule has 1 unspecified atom stereocenters. The molecule has 1 rings (SSSR count). The number of carbonyl (C=O) groups is 1. The zero-order valence-electron chi connectivity index (χ0n) is 11.6. The number of esters is 1. The van der Waals surface area contributed by atoms with E-state index < -0.39 is 0 Å². The predicted molar refractivity (Wildman–Crippen MR) is 79.5 cm³/mol. The lowest BCUT2D eigenvalue weighted by molar-refractivity contribution is 0.0319. The largest absolute Gasteiger partial charge is 0.459 e. The number of rotatable bonds is 7. The third-order valence-corrected chi connectivity index (χ3v) is 3.34. The van der Waals surface area contributed by atoms with Crippen LogP contribution in [0.4, 0.5) is 5.69 Å². The molecule has 0 aliphatic carbocycles. The molecular formula is C15H22ClNO2. The third-order valence-electron chi connectivity index (χ3n) is 3.01. The van der Waals surface area contributed by atoms with E-state index in [0.717, 1.165) is 12.8 Å². The summed E-state index contributed by atoms with van der Waals surface area (Å²) in [6.45, 7) is 4.09. The molecule has 106 valence electrons. The summed E-state index contributed by atoms with van der Waals surface area (Å²) < 4.78 is 5.37. The van der Waals surface area contributed by atoms with Gasteiger partial charge in [-0.05, 0) is 38.0 Å². The molecule has 1 aromatic rings. The van der Waals surface area contributed by atoms with Gasteiger partial charge in [0, 0.05) is 0 Å². The first-order chi connectivity index (χ1) is 9.04. The molecule has 0 heterocycles. The maximum Gasteiger partial charge on any atom is 0.338 e. The molecule has 1 aromatic carbocycles. The second-order valence-electron chi connectivity index (χ2n) is 4.80. The van der Waals surface area contributed by atoms with Crippen molar-refractivity contribution in [2.24, 2.45) is 0 Å². The van der Waals surface area contributed by atoms with E-state index in [2.05, 4.69) is 6.92 Å². The summed E-state index contributed by atoms with van der Waals surface area (Å²) in [4.78, 5) is 11.9. The van der Waals surface area contributed by atoms with Crippen molar-refractivity contribution in [1.82, 2.24) is 0 Å². The minimum absolute atomic E-state index is 0.0688. The molecule has 0 aromatic heterocycles. The summed E-state index contributed by atoms with van der Waals surface area (Å²) >= 11 is 5.88. The first-order valence-electron chi connectivity index (χ1n) is 6.80. The van der Waals surface area contributed by atoms with Crippen LogP contribution in [0.15, 0.2) is 18.2 Å². The SMILES string of the molecule is CCCCCCC(C)OC(=O)c1ccc(N)c(Cl)c1. The molecule has 19 heavy (non-hydrogen) atoms. The molecule has 4 heteroatoms. The fourth-order valence-electron chi connectivity index (χ4n) is 1.82. The van der Waals surface area contributed by atoms with Crippen LogP contribution in [-0.2, 0) is 4.74 Å². The van der Waals surface area contributed by atoms with Crippen molar-refractivity contribution in [1.29, 1.82) is 0 Å². The Morgan fingerprint density at radius 2 is 2.11 bits per heavy atom. The quantitative estimate of drug-likeness (QED) is 0.457. The molecule has 0 aliphatic heterocycles. The first kappa shape index (κ1) is 15.8. The lowest BCUT2D eigenvalue weighted by Crippen LogP contribution is -2.15. The van der Waals surface area contributed by atoms with E-state index in [1.54, 1.807) is 18.2 Å². The number of anilines is 1. The van der Waals surface area contributed by atoms with Crippen LogP contribution >= 0.6 is 11.6 Å². The maximum atomic E-state index is 11.9. The smallest absolute Gasteiger partial charge is 0.338 e. The van der Waals surface area contributed by atoms with Gasteiger partial charge in [-0.1, -0.05) is 37.8 Å². The van der Waals surface area contributed by atoms with Gasteiger partial charge in [-0.15, -0.1) is 0 Å². The van der Waals surface area contributed by atoms with E-state index in [0.29, 0.717) is 16.3 Å². The van der Waals surface area contributed by atoms with Gasteiger partial charge in [0.1, 0.15) is 0 Å². The van der Waals surface area contributed by atoms with E-state index in [1.165, 1.54) is 19.3 Å². The molecule has 2 N–H and O–H groups in total. The Labute approximate surface area is 120 Å². The first-order valence-corrected chi connectivity index (χ1v) is 7.18. The van der Waals surface area contributed by atoms with Crippen molar-refractivity contribution in [2.45, 2.75) is 52.1 Å². The van der Waals surface area contributed by atoms with E-state index >= 15 is 0 Å². The molecule has 3 nitrogen and oxygen atoms in total. The van der Waals surface area contributed by atoms with Crippen LogP contribution in [0.3, 0.4) is 0 Å². The standard InChI is InChI=1S/C15H22ClNO2/c1-3-4-5-6-7-11(2)19-15(18)12-8-9-14(17)13(16)10-12/h8-11H,3-7,17H2,1-2H3. The van der Waals surface area contributed by atoms with Gasteiger partial charge in [-0.25, -0.2) is 4.79 Å². The average Bonchev–Trinajstić information content (AvgIpc) is 2.38. The van der Waals surface area contributed by atoms with Crippen LogP contribution < -0.4 is 5.73 Å². The van der Waals surface area contributed by atoms with Crippen LogP contribution in [0.2, 0.25) is 5.02 Å². The summed E-state index contributed by atoms with van der Waals surface area (Å²) in [7, 11) is 0. The summed E-state index contributed by atoms with van der Waals surface area (Å²) in [5.41, 5.74) is 6.51. The fourth-order valence-corrected chi connectivity index (χ4v) is 2.00. The maximum absolute atomic E-state index is 11.9. The van der Waals surface area contributed by atoms with Gasteiger partial charge in [0.2, 0.25) is 0 Å². The Bertz CT molecular complexity index is 421. The van der Waals surface area contributed by atoms with Crippen molar-refractivity contribution in [3.05, 3.63) is 28.8 Å². The van der Waals surface area contributed by atoms with Crippen molar-refractivity contribution < 1.29 is 9.53 Å². The summed E-state index contributed by atoms with van der Waals surface area (Å²) in [5.74, 6) is -0.343. The molecule has 0 saturated heterocycles. The Kier molecular flexibility index (Phi) is 6.71. The van der Waals surface area contributed by atoms with Crippen molar-refractivity contribution in [2.75, 3.05) is 5.73 Å². The van der Waals surface area contributed by atoms with Gasteiger partial charge in [-0.2, -0.15) is 0 Å². The average molecular weight is 284 g/mol. The van der Waals surface area contributed by atoms with Gasteiger partial charge < -0.3 is 10.5 Å². The van der Waals surface area contributed by atoms with E-state index in [4.69, 9.17) is 22.1 Å². The van der Waals surface area contributed by atoms with Gasteiger partial charge >= 0.3 is 5.97 Å². The summed E-state index contributed by atoms with van der Waals surface area (Å²) in [5, 5.41) is 0.380. The topological polar surface area (TPSA) is 52.3 Å². The molecule has 0 bridgehead atoms. The number of hydrogen-bond acceptors (Lipinski definition) is 3. The van der Waals surface area contributed by atoms with Crippen molar-refractivity contribution in [3.63, 3.8) is 0 Å². The highest BCUT2D eigenvalue weighted by Crippen LogP contribution is 2.20. The van der Waals surface area contributed by atoms with Crippen molar-refractivity contribution in [3.8, 4) is 0 Å². The van der Waals surface area contributed by atoms with Crippen LogP contribution in [0.25, 0.3) is 0 Å². The fraction of sp³-hybridized carbons (Fsp3) is 0.533. The van der Waals surface area contributed by atoms with Gasteiger partial charge in [0.15, 0.2) is 0 Å². The number of nitrogen functional groups attached to an aromatic ring is 1. The van der Waals surface area contributed by atoms with Gasteiger partial charge in [0.05, 0.1) is 22.4 Å². The van der Waals surface area contributed by atoms with Crippen LogP contribution in [0.1, 0.15) is 56.3 Å². The number of nitrogens with two attached hydrogens (primary N) is 1. The Hall–Kier alpha value is -1.22. The molecule has 0 saturated carbocycles. The highest BCUT2D eigenvalue weighted by atomic mass is 35.5. The molecule has 0 fully saturated rings. The minimum atomic E-state index is -0.343. The number of carbonyl (C=O) groups excluding carboxylic acids is 1. The second kappa shape index (κ2) is 8.05. The molecule has 1 atom stereocenters. The van der Waals surface area contributed by atoms with E-state index in [1.807, 2.05) is 6.92 Å². The highest BCUT2D eigenvalue weighted by Gasteiger charge is 2.12. The summed E-state index contributed by atoms with van der Waals surface area (Å²) in [6.07, 6.45) is 5.54. The normalized spacial score (nSPS) is 12.2. The Balaban J connectivity index is 2.43. The van der Waals surface area contributed by atoms with E-state index in [-0.39, 0.29) is 12.1 Å².